The Morgan fingerprint density at radius 2 is 0.732 bits per heavy atom. The Labute approximate surface area is 326 Å². The van der Waals surface area contributed by atoms with Gasteiger partial charge in [0.2, 0.25) is 0 Å². The summed E-state index contributed by atoms with van der Waals surface area (Å²) in [5.41, 5.74) is 16.3. The van der Waals surface area contributed by atoms with Crippen LogP contribution in [0.25, 0.3) is 93.9 Å². The van der Waals surface area contributed by atoms with Gasteiger partial charge >= 0.3 is 0 Å². The first-order valence-corrected chi connectivity index (χ1v) is 19.1. The number of rotatable bonds is 8. The molecule has 0 saturated carbocycles. The van der Waals surface area contributed by atoms with Crippen LogP contribution in [0.4, 0.5) is 0 Å². The molecule has 0 saturated heterocycles. The molecular weight excluding hydrogens is 677 g/mol. The molecule has 0 fully saturated rings. The van der Waals surface area contributed by atoms with E-state index in [0.717, 1.165) is 22.5 Å². The predicted molar refractivity (Wildman–Crippen MR) is 240 cm³/mol. The molecule has 0 N–H and O–H groups in total. The number of aromatic nitrogens is 2. The van der Waals surface area contributed by atoms with Gasteiger partial charge in [0.1, 0.15) is 0 Å². The average Bonchev–Trinajstić information content (AvgIpc) is 3.77. The van der Waals surface area contributed by atoms with Crippen molar-refractivity contribution in [3.63, 3.8) is 0 Å². The summed E-state index contributed by atoms with van der Waals surface area (Å²) >= 11 is 0. The molecule has 0 aliphatic heterocycles. The van der Waals surface area contributed by atoms with Gasteiger partial charge in [0.05, 0.1) is 22.1 Å². The molecule has 2 heteroatoms. The fourth-order valence-corrected chi connectivity index (χ4v) is 8.37. The van der Waals surface area contributed by atoms with Crippen LogP contribution in [-0.2, 0) is 0 Å². The van der Waals surface area contributed by atoms with Gasteiger partial charge in [-0.3, -0.25) is 0 Å². The molecule has 56 heavy (non-hydrogen) atoms. The number of para-hydroxylation sites is 1. The lowest BCUT2D eigenvalue weighted by Gasteiger charge is -2.10. The maximum Gasteiger partial charge on any atom is 0.0541 e. The molecule has 0 amide bonds. The number of hydrogen-bond acceptors (Lipinski definition) is 0. The van der Waals surface area contributed by atoms with Gasteiger partial charge in [0, 0.05) is 32.9 Å². The maximum absolute atomic E-state index is 4.09. The van der Waals surface area contributed by atoms with E-state index < -0.39 is 0 Å². The average molecular weight is 715 g/mol. The Morgan fingerprint density at radius 1 is 0.357 bits per heavy atom. The van der Waals surface area contributed by atoms with Crippen molar-refractivity contribution in [3.8, 4) is 44.8 Å². The highest BCUT2D eigenvalue weighted by molar-refractivity contribution is 6.13. The summed E-state index contributed by atoms with van der Waals surface area (Å²) in [4.78, 5) is 0. The van der Waals surface area contributed by atoms with Crippen molar-refractivity contribution in [1.82, 2.24) is 9.13 Å². The lowest BCUT2D eigenvalue weighted by Crippen LogP contribution is -1.94. The van der Waals surface area contributed by atoms with Crippen LogP contribution in [-0.4, -0.2) is 9.13 Å². The predicted octanol–water partition coefficient (Wildman–Crippen LogP) is 14.6. The van der Waals surface area contributed by atoms with Crippen LogP contribution in [0, 0.1) is 0 Å². The summed E-state index contributed by atoms with van der Waals surface area (Å²) in [5, 5.41) is 4.86. The highest BCUT2D eigenvalue weighted by atomic mass is 15.0. The lowest BCUT2D eigenvalue weighted by molar-refractivity contribution is 1.18. The van der Waals surface area contributed by atoms with Crippen LogP contribution in [0.2, 0.25) is 0 Å². The van der Waals surface area contributed by atoms with Gasteiger partial charge in [0.15, 0.2) is 0 Å². The zero-order chi connectivity index (χ0) is 37.6. The summed E-state index contributed by atoms with van der Waals surface area (Å²) in [6, 6.07) is 68.3. The summed E-state index contributed by atoms with van der Waals surface area (Å²) in [6.07, 6.45) is 5.74. The van der Waals surface area contributed by atoms with Crippen molar-refractivity contribution in [3.05, 3.63) is 225 Å². The number of allylic oxidation sites excluding steroid dienone is 4. The molecular formula is C54H38N2. The van der Waals surface area contributed by atoms with Crippen molar-refractivity contribution < 1.29 is 0 Å². The number of fused-ring (bicyclic) bond motifs is 6. The van der Waals surface area contributed by atoms with Crippen LogP contribution < -0.4 is 0 Å². The third kappa shape index (κ3) is 5.59. The zero-order valence-corrected chi connectivity index (χ0v) is 30.9. The monoisotopic (exact) mass is 714 g/mol. The van der Waals surface area contributed by atoms with Crippen molar-refractivity contribution in [2.75, 3.05) is 0 Å². The third-order valence-electron chi connectivity index (χ3n) is 11.1. The first-order valence-electron chi connectivity index (χ1n) is 19.1. The molecule has 0 spiro atoms. The van der Waals surface area contributed by atoms with Crippen LogP contribution in [0.1, 0.15) is 5.56 Å². The highest BCUT2D eigenvalue weighted by Crippen LogP contribution is 2.40. The maximum atomic E-state index is 4.09. The second-order valence-electron chi connectivity index (χ2n) is 14.3. The second-order valence-corrected chi connectivity index (χ2v) is 14.3. The summed E-state index contributed by atoms with van der Waals surface area (Å²) < 4.78 is 4.78. The molecule has 0 aliphatic rings. The Kier molecular flexibility index (Phi) is 8.16. The molecule has 2 aromatic heterocycles. The Bertz CT molecular complexity index is 3120. The summed E-state index contributed by atoms with van der Waals surface area (Å²) in [7, 11) is 0. The quantitative estimate of drug-likeness (QED) is 0.139. The van der Waals surface area contributed by atoms with Gasteiger partial charge in [0.25, 0.3) is 0 Å². The van der Waals surface area contributed by atoms with Gasteiger partial charge in [-0.05, 0) is 117 Å². The van der Waals surface area contributed by atoms with Crippen molar-refractivity contribution >= 4 is 49.2 Å². The third-order valence-corrected chi connectivity index (χ3v) is 11.1. The van der Waals surface area contributed by atoms with E-state index in [9.17, 15) is 0 Å². The van der Waals surface area contributed by atoms with E-state index in [2.05, 4.69) is 210 Å². The lowest BCUT2D eigenvalue weighted by atomic mass is 9.98. The fraction of sp³-hybridized carbons (Fsp3) is 0. The molecule has 2 heterocycles. The molecule has 2 nitrogen and oxygen atoms in total. The van der Waals surface area contributed by atoms with Gasteiger partial charge in [-0.2, -0.15) is 0 Å². The largest absolute Gasteiger partial charge is 0.309 e. The van der Waals surface area contributed by atoms with Gasteiger partial charge < -0.3 is 9.13 Å². The molecule has 0 atom stereocenters. The van der Waals surface area contributed by atoms with Crippen LogP contribution in [0.15, 0.2) is 219 Å². The van der Waals surface area contributed by atoms with Gasteiger partial charge in [-0.15, -0.1) is 0 Å². The van der Waals surface area contributed by atoms with Crippen molar-refractivity contribution in [2.45, 2.75) is 0 Å². The molecule has 10 aromatic rings. The standard InChI is InChI=1S/C54H38N2/c1-3-14-37(4-2)41-23-29-51-47(33-41)49-35-43(25-31-52(49)55(51)45-19-12-7-13-20-45)44-26-32-54-50(36-44)48-34-42(39-17-10-6-11-18-39)24-30-53(48)56(54)46-27-21-40(22-28-46)38-15-8-5-9-16-38/h3-36H,1-2H2/b37-14+. The van der Waals surface area contributed by atoms with E-state index >= 15 is 0 Å². The minimum absolute atomic E-state index is 1.05. The minimum Gasteiger partial charge on any atom is -0.309 e. The smallest absolute Gasteiger partial charge is 0.0541 e. The fourth-order valence-electron chi connectivity index (χ4n) is 8.37. The molecule has 0 unspecified atom stereocenters. The SMILES string of the molecule is C=C/C=C(\C=C)c1ccc2c(c1)c1cc(-c3ccc4c(c3)c3cc(-c5ccccc5)ccc3n4-c3ccc(-c4ccccc4)cc3)ccc1n2-c1ccccc1. The molecule has 0 bridgehead atoms. The van der Waals surface area contributed by atoms with E-state index in [4.69, 9.17) is 0 Å². The van der Waals surface area contributed by atoms with E-state index in [1.165, 1.54) is 77.0 Å². The number of benzene rings is 8. The van der Waals surface area contributed by atoms with E-state index in [0.29, 0.717) is 0 Å². The summed E-state index contributed by atoms with van der Waals surface area (Å²) in [5.74, 6) is 0. The van der Waals surface area contributed by atoms with E-state index in [-0.39, 0.29) is 0 Å². The number of nitrogens with zero attached hydrogens (tertiary/aromatic N) is 2. The van der Waals surface area contributed by atoms with Crippen molar-refractivity contribution in [1.29, 1.82) is 0 Å². The van der Waals surface area contributed by atoms with E-state index in [1.807, 2.05) is 18.2 Å². The Hall–Kier alpha value is -7.42. The Morgan fingerprint density at radius 3 is 1.21 bits per heavy atom. The topological polar surface area (TPSA) is 9.86 Å². The number of hydrogen-bond donors (Lipinski definition) is 0. The molecule has 0 aliphatic carbocycles. The van der Waals surface area contributed by atoms with Gasteiger partial charge in [-0.25, -0.2) is 0 Å². The molecule has 8 aromatic carbocycles. The first kappa shape index (κ1) is 33.2. The molecule has 0 radical (unpaired) electrons. The van der Waals surface area contributed by atoms with Crippen molar-refractivity contribution in [2.24, 2.45) is 0 Å². The molecule has 10 rings (SSSR count). The highest BCUT2D eigenvalue weighted by Gasteiger charge is 2.18. The normalized spacial score (nSPS) is 11.8. The van der Waals surface area contributed by atoms with Crippen LogP contribution >= 0.6 is 0 Å². The van der Waals surface area contributed by atoms with Crippen LogP contribution in [0.3, 0.4) is 0 Å². The van der Waals surface area contributed by atoms with E-state index in [1.54, 1.807) is 0 Å². The van der Waals surface area contributed by atoms with Gasteiger partial charge in [-0.1, -0.05) is 147 Å². The zero-order valence-electron chi connectivity index (χ0n) is 30.9. The van der Waals surface area contributed by atoms with Crippen LogP contribution in [0.5, 0.6) is 0 Å². The Balaban J connectivity index is 1.18. The summed E-state index contributed by atoms with van der Waals surface area (Å²) in [6.45, 7) is 8.03. The molecule has 264 valence electrons. The minimum atomic E-state index is 1.05. The first-order chi connectivity index (χ1) is 27.7. The second kappa shape index (κ2) is 13.8.